The van der Waals surface area contributed by atoms with Crippen molar-refractivity contribution in [3.8, 4) is 0 Å². The van der Waals surface area contributed by atoms with Gasteiger partial charge in [-0.2, -0.15) is 0 Å². The lowest BCUT2D eigenvalue weighted by atomic mass is 10.1. The number of hydrogen-bond acceptors (Lipinski definition) is 1. The summed E-state index contributed by atoms with van der Waals surface area (Å²) in [6.45, 7) is 10.8. The van der Waals surface area contributed by atoms with E-state index in [0.717, 1.165) is 13.1 Å². The zero-order chi connectivity index (χ0) is 13.8. The van der Waals surface area contributed by atoms with Gasteiger partial charge in [0.1, 0.15) is 0 Å². The van der Waals surface area contributed by atoms with Gasteiger partial charge in [-0.05, 0) is 44.9 Å². The van der Waals surface area contributed by atoms with Crippen molar-refractivity contribution in [1.82, 2.24) is 9.88 Å². The first kappa shape index (κ1) is 13.9. The Balaban J connectivity index is 2.03. The molecule has 1 heterocycles. The van der Waals surface area contributed by atoms with Crippen molar-refractivity contribution in [1.29, 1.82) is 0 Å². The molecule has 1 aromatic carbocycles. The van der Waals surface area contributed by atoms with Gasteiger partial charge in [0.05, 0.1) is 0 Å². The molecule has 0 fully saturated rings. The smallest absolute Gasteiger partial charge is 0.0294 e. The van der Waals surface area contributed by atoms with Crippen LogP contribution in [0.15, 0.2) is 36.4 Å². The van der Waals surface area contributed by atoms with Crippen LogP contribution >= 0.6 is 0 Å². The molecule has 2 aromatic rings. The maximum absolute atomic E-state index is 3.61. The van der Waals surface area contributed by atoms with Crippen LogP contribution in [0.5, 0.6) is 0 Å². The SMILES string of the molecule is CCn1c(C)cc(CN[C@@H](C)c2ccccc2)c1C. The molecule has 0 saturated heterocycles. The molecule has 1 atom stereocenters. The number of nitrogens with one attached hydrogen (secondary N) is 1. The zero-order valence-electron chi connectivity index (χ0n) is 12.4. The van der Waals surface area contributed by atoms with E-state index in [2.05, 4.69) is 74.0 Å². The third-order valence-electron chi connectivity index (χ3n) is 3.89. The Morgan fingerprint density at radius 3 is 2.42 bits per heavy atom. The molecule has 0 aliphatic carbocycles. The fourth-order valence-corrected chi connectivity index (χ4v) is 2.66. The molecule has 1 N–H and O–H groups in total. The number of hydrogen-bond donors (Lipinski definition) is 1. The van der Waals surface area contributed by atoms with E-state index < -0.39 is 0 Å². The second kappa shape index (κ2) is 6.07. The van der Waals surface area contributed by atoms with Gasteiger partial charge in [0.2, 0.25) is 0 Å². The van der Waals surface area contributed by atoms with E-state index in [1.807, 2.05) is 0 Å². The van der Waals surface area contributed by atoms with Crippen molar-refractivity contribution in [2.75, 3.05) is 0 Å². The first-order valence-electron chi connectivity index (χ1n) is 7.07. The fraction of sp³-hybridized carbons (Fsp3) is 0.412. The summed E-state index contributed by atoms with van der Waals surface area (Å²) in [6, 6.07) is 13.3. The molecule has 0 amide bonds. The van der Waals surface area contributed by atoms with Gasteiger partial charge >= 0.3 is 0 Å². The summed E-state index contributed by atoms with van der Waals surface area (Å²) in [5.74, 6) is 0. The fourth-order valence-electron chi connectivity index (χ4n) is 2.66. The van der Waals surface area contributed by atoms with Crippen LogP contribution in [0.4, 0.5) is 0 Å². The minimum absolute atomic E-state index is 0.380. The molecule has 0 radical (unpaired) electrons. The Bertz CT molecular complexity index is 526. The Morgan fingerprint density at radius 2 is 1.84 bits per heavy atom. The Hall–Kier alpha value is -1.54. The van der Waals surface area contributed by atoms with E-state index in [0.29, 0.717) is 6.04 Å². The predicted octanol–water partition coefficient (Wildman–Crippen LogP) is 3.98. The average molecular weight is 256 g/mol. The minimum atomic E-state index is 0.380. The summed E-state index contributed by atoms with van der Waals surface area (Å²) in [6.07, 6.45) is 0. The third-order valence-corrected chi connectivity index (χ3v) is 3.89. The molecule has 1 aromatic heterocycles. The molecule has 0 saturated carbocycles. The Kier molecular flexibility index (Phi) is 4.43. The van der Waals surface area contributed by atoms with E-state index in [4.69, 9.17) is 0 Å². The van der Waals surface area contributed by atoms with Crippen molar-refractivity contribution in [3.63, 3.8) is 0 Å². The Labute approximate surface area is 116 Å². The van der Waals surface area contributed by atoms with Gasteiger partial charge in [0, 0.05) is 30.5 Å². The van der Waals surface area contributed by atoms with Gasteiger partial charge in [-0.15, -0.1) is 0 Å². The lowest BCUT2D eigenvalue weighted by Gasteiger charge is -2.14. The van der Waals surface area contributed by atoms with Gasteiger partial charge in [0.15, 0.2) is 0 Å². The molecule has 2 nitrogen and oxygen atoms in total. The molecule has 0 spiro atoms. The summed E-state index contributed by atoms with van der Waals surface area (Å²) in [5.41, 5.74) is 5.48. The van der Waals surface area contributed by atoms with Crippen LogP contribution in [0.1, 0.15) is 42.4 Å². The topological polar surface area (TPSA) is 17.0 Å². The zero-order valence-corrected chi connectivity index (χ0v) is 12.4. The minimum Gasteiger partial charge on any atom is -0.349 e. The van der Waals surface area contributed by atoms with Crippen LogP contribution < -0.4 is 5.32 Å². The lowest BCUT2D eigenvalue weighted by molar-refractivity contribution is 0.571. The van der Waals surface area contributed by atoms with Crippen molar-refractivity contribution < 1.29 is 0 Å². The van der Waals surface area contributed by atoms with Crippen LogP contribution in [0.25, 0.3) is 0 Å². The molecule has 0 aliphatic rings. The van der Waals surface area contributed by atoms with Crippen LogP contribution in [0.2, 0.25) is 0 Å². The van der Waals surface area contributed by atoms with Gasteiger partial charge in [0.25, 0.3) is 0 Å². The molecule has 0 aliphatic heterocycles. The first-order valence-corrected chi connectivity index (χ1v) is 7.07. The summed E-state index contributed by atoms with van der Waals surface area (Å²) in [7, 11) is 0. The van der Waals surface area contributed by atoms with Crippen LogP contribution in [-0.4, -0.2) is 4.57 Å². The van der Waals surface area contributed by atoms with Gasteiger partial charge in [-0.1, -0.05) is 30.3 Å². The highest BCUT2D eigenvalue weighted by Gasteiger charge is 2.09. The molecule has 2 heteroatoms. The van der Waals surface area contributed by atoms with E-state index in [-0.39, 0.29) is 0 Å². The van der Waals surface area contributed by atoms with Crippen molar-refractivity contribution >= 4 is 0 Å². The highest BCUT2D eigenvalue weighted by Crippen LogP contribution is 2.17. The van der Waals surface area contributed by atoms with Crippen molar-refractivity contribution in [3.05, 3.63) is 58.9 Å². The number of rotatable bonds is 5. The van der Waals surface area contributed by atoms with Crippen LogP contribution in [-0.2, 0) is 13.1 Å². The second-order valence-electron chi connectivity index (χ2n) is 5.15. The molecule has 19 heavy (non-hydrogen) atoms. The summed E-state index contributed by atoms with van der Waals surface area (Å²) in [5, 5.41) is 3.61. The van der Waals surface area contributed by atoms with Crippen molar-refractivity contribution in [2.24, 2.45) is 0 Å². The van der Waals surface area contributed by atoms with Gasteiger partial charge in [-0.3, -0.25) is 0 Å². The largest absolute Gasteiger partial charge is 0.349 e. The van der Waals surface area contributed by atoms with Gasteiger partial charge < -0.3 is 9.88 Å². The number of aromatic nitrogens is 1. The maximum atomic E-state index is 3.61. The molecule has 0 bridgehead atoms. The normalized spacial score (nSPS) is 12.6. The third kappa shape index (κ3) is 3.07. The Morgan fingerprint density at radius 1 is 1.16 bits per heavy atom. The maximum Gasteiger partial charge on any atom is 0.0294 e. The quantitative estimate of drug-likeness (QED) is 0.856. The molecule has 102 valence electrons. The molecular formula is C17H24N2. The highest BCUT2D eigenvalue weighted by atomic mass is 15.0. The summed E-state index contributed by atoms with van der Waals surface area (Å²) < 4.78 is 2.37. The number of nitrogens with zero attached hydrogens (tertiary/aromatic N) is 1. The standard InChI is InChI=1S/C17H24N2/c1-5-19-13(2)11-17(15(19)4)12-18-14(3)16-9-7-6-8-10-16/h6-11,14,18H,5,12H2,1-4H3/t14-/m0/s1. The number of benzene rings is 1. The average Bonchev–Trinajstić information content (AvgIpc) is 2.71. The highest BCUT2D eigenvalue weighted by molar-refractivity contribution is 5.27. The lowest BCUT2D eigenvalue weighted by Crippen LogP contribution is -2.18. The second-order valence-corrected chi connectivity index (χ2v) is 5.15. The monoisotopic (exact) mass is 256 g/mol. The summed E-state index contributed by atoms with van der Waals surface area (Å²) in [4.78, 5) is 0. The number of aryl methyl sites for hydroxylation is 1. The van der Waals surface area contributed by atoms with Crippen LogP contribution in [0, 0.1) is 13.8 Å². The molecular weight excluding hydrogens is 232 g/mol. The van der Waals surface area contributed by atoms with Gasteiger partial charge in [-0.25, -0.2) is 0 Å². The molecule has 0 unspecified atom stereocenters. The first-order chi connectivity index (χ1) is 9.13. The van der Waals surface area contributed by atoms with E-state index in [1.54, 1.807) is 0 Å². The van der Waals surface area contributed by atoms with E-state index in [9.17, 15) is 0 Å². The molecule has 2 rings (SSSR count). The summed E-state index contributed by atoms with van der Waals surface area (Å²) >= 11 is 0. The van der Waals surface area contributed by atoms with Crippen LogP contribution in [0.3, 0.4) is 0 Å². The van der Waals surface area contributed by atoms with Crippen molar-refractivity contribution in [2.45, 2.75) is 46.8 Å². The van der Waals surface area contributed by atoms with E-state index >= 15 is 0 Å². The van der Waals surface area contributed by atoms with E-state index in [1.165, 1.54) is 22.5 Å². The predicted molar refractivity (Wildman–Crippen MR) is 81.3 cm³/mol.